The lowest BCUT2D eigenvalue weighted by molar-refractivity contribution is -0.124. The van der Waals surface area contributed by atoms with Gasteiger partial charge in [0.25, 0.3) is 5.91 Å². The summed E-state index contributed by atoms with van der Waals surface area (Å²) in [6, 6.07) is 8.94. The van der Waals surface area contributed by atoms with Gasteiger partial charge < -0.3 is 10.0 Å². The Morgan fingerprint density at radius 1 is 1.53 bits per heavy atom. The molecule has 0 heterocycles. The number of carbonyl (C=O) groups is 1. The molecule has 4 heteroatoms. The van der Waals surface area contributed by atoms with E-state index in [1.807, 2.05) is 6.07 Å². The van der Waals surface area contributed by atoms with E-state index in [0.29, 0.717) is 0 Å². The number of nitrogens with zero attached hydrogens (tertiary/aromatic N) is 2. The molecule has 0 saturated heterocycles. The highest BCUT2D eigenvalue weighted by atomic mass is 16.3. The largest absolute Gasteiger partial charge is 0.392 e. The zero-order valence-corrected chi connectivity index (χ0v) is 9.84. The quantitative estimate of drug-likeness (QED) is 0.626. The van der Waals surface area contributed by atoms with Gasteiger partial charge in [0.1, 0.15) is 11.6 Å². The van der Waals surface area contributed by atoms with Crippen molar-refractivity contribution >= 4 is 12.0 Å². The fourth-order valence-corrected chi connectivity index (χ4v) is 1.33. The first kappa shape index (κ1) is 12.9. The van der Waals surface area contributed by atoms with Gasteiger partial charge >= 0.3 is 0 Å². The van der Waals surface area contributed by atoms with Crippen molar-refractivity contribution in [3.05, 3.63) is 41.0 Å². The Morgan fingerprint density at radius 3 is 2.76 bits per heavy atom. The van der Waals surface area contributed by atoms with Crippen LogP contribution in [0.1, 0.15) is 11.1 Å². The number of hydrogen-bond donors (Lipinski definition) is 1. The van der Waals surface area contributed by atoms with E-state index in [4.69, 9.17) is 10.4 Å². The molecule has 0 aliphatic rings. The maximum Gasteiger partial charge on any atom is 0.264 e. The number of hydrogen-bond acceptors (Lipinski definition) is 3. The number of aliphatic hydroxyl groups excluding tert-OH is 1. The molecule has 88 valence electrons. The monoisotopic (exact) mass is 230 g/mol. The minimum atomic E-state index is -0.332. The smallest absolute Gasteiger partial charge is 0.264 e. The van der Waals surface area contributed by atoms with Crippen LogP contribution >= 0.6 is 0 Å². The van der Waals surface area contributed by atoms with E-state index in [1.165, 1.54) is 11.0 Å². The van der Waals surface area contributed by atoms with Crippen molar-refractivity contribution in [1.29, 1.82) is 5.26 Å². The van der Waals surface area contributed by atoms with Crippen molar-refractivity contribution in [2.24, 2.45) is 0 Å². The molecule has 0 spiro atoms. The summed E-state index contributed by atoms with van der Waals surface area (Å²) in [7, 11) is 3.19. The number of likely N-dealkylation sites (N-methyl/N-ethyl adjacent to an activating group) is 1. The third-order valence-corrected chi connectivity index (χ3v) is 2.20. The van der Waals surface area contributed by atoms with Crippen LogP contribution in [0.3, 0.4) is 0 Å². The van der Waals surface area contributed by atoms with Crippen molar-refractivity contribution in [2.45, 2.75) is 6.61 Å². The molecule has 0 aliphatic carbocycles. The Labute approximate surface area is 100 Å². The first-order chi connectivity index (χ1) is 8.08. The molecule has 1 aromatic carbocycles. The third-order valence-electron chi connectivity index (χ3n) is 2.20. The summed E-state index contributed by atoms with van der Waals surface area (Å²) in [5.74, 6) is -0.332. The highest BCUT2D eigenvalue weighted by Crippen LogP contribution is 2.11. The molecule has 0 saturated carbocycles. The average molecular weight is 230 g/mol. The maximum absolute atomic E-state index is 11.6. The normalized spacial score (nSPS) is 10.8. The standard InChI is InChI=1S/C13H14N2O2/c1-15(2)13(17)12(8-14)7-10-4-3-5-11(6-10)9-16/h3-7,16H,9H2,1-2H3/b12-7-. The van der Waals surface area contributed by atoms with Crippen LogP contribution in [-0.2, 0) is 11.4 Å². The van der Waals surface area contributed by atoms with Crippen LogP contribution in [0.2, 0.25) is 0 Å². The Morgan fingerprint density at radius 2 is 2.24 bits per heavy atom. The summed E-state index contributed by atoms with van der Waals surface area (Å²) in [6.07, 6.45) is 1.52. The van der Waals surface area contributed by atoms with Gasteiger partial charge in [-0.3, -0.25) is 4.79 Å². The van der Waals surface area contributed by atoms with Crippen molar-refractivity contribution in [2.75, 3.05) is 14.1 Å². The molecule has 0 unspecified atom stereocenters. The van der Waals surface area contributed by atoms with Gasteiger partial charge in [-0.2, -0.15) is 5.26 Å². The van der Waals surface area contributed by atoms with Crippen LogP contribution in [0, 0.1) is 11.3 Å². The molecule has 0 aromatic heterocycles. The SMILES string of the molecule is CN(C)C(=O)/C(C#N)=C\c1cccc(CO)c1. The molecular formula is C13H14N2O2. The topological polar surface area (TPSA) is 64.3 Å². The highest BCUT2D eigenvalue weighted by molar-refractivity contribution is 6.01. The summed E-state index contributed by atoms with van der Waals surface area (Å²) in [5, 5.41) is 17.9. The van der Waals surface area contributed by atoms with Crippen molar-refractivity contribution in [3.63, 3.8) is 0 Å². The predicted octanol–water partition coefficient (Wildman–Crippen LogP) is 1.17. The second-order valence-corrected chi connectivity index (χ2v) is 3.77. The van der Waals surface area contributed by atoms with Gasteiger partial charge in [0.2, 0.25) is 0 Å². The molecule has 0 bridgehead atoms. The van der Waals surface area contributed by atoms with Crippen LogP contribution in [-0.4, -0.2) is 30.0 Å². The van der Waals surface area contributed by atoms with E-state index in [9.17, 15) is 4.79 Å². The number of nitriles is 1. The second kappa shape index (κ2) is 5.83. The van der Waals surface area contributed by atoms with Gasteiger partial charge in [-0.25, -0.2) is 0 Å². The molecule has 0 atom stereocenters. The van der Waals surface area contributed by atoms with Gasteiger partial charge in [0.05, 0.1) is 6.61 Å². The van der Waals surface area contributed by atoms with Crippen LogP contribution in [0.25, 0.3) is 6.08 Å². The first-order valence-electron chi connectivity index (χ1n) is 5.11. The molecule has 1 amide bonds. The highest BCUT2D eigenvalue weighted by Gasteiger charge is 2.10. The lowest BCUT2D eigenvalue weighted by Gasteiger charge is -2.08. The Balaban J connectivity index is 3.07. The minimum Gasteiger partial charge on any atom is -0.392 e. The fourth-order valence-electron chi connectivity index (χ4n) is 1.33. The van der Waals surface area contributed by atoms with Gasteiger partial charge in [-0.05, 0) is 23.3 Å². The van der Waals surface area contributed by atoms with Crippen LogP contribution in [0.4, 0.5) is 0 Å². The lowest BCUT2D eigenvalue weighted by atomic mass is 10.1. The van der Waals surface area contributed by atoms with Crippen LogP contribution in [0.15, 0.2) is 29.8 Å². The Hall–Kier alpha value is -2.12. The zero-order chi connectivity index (χ0) is 12.8. The van der Waals surface area contributed by atoms with E-state index in [0.717, 1.165) is 11.1 Å². The third kappa shape index (κ3) is 3.44. The average Bonchev–Trinajstić information content (AvgIpc) is 2.35. The Kier molecular flexibility index (Phi) is 4.44. The van der Waals surface area contributed by atoms with Crippen molar-refractivity contribution < 1.29 is 9.90 Å². The van der Waals surface area contributed by atoms with E-state index in [-0.39, 0.29) is 18.1 Å². The van der Waals surface area contributed by atoms with Gasteiger partial charge in [0.15, 0.2) is 0 Å². The molecular weight excluding hydrogens is 216 g/mol. The van der Waals surface area contributed by atoms with E-state index in [1.54, 1.807) is 38.4 Å². The van der Waals surface area contributed by atoms with E-state index >= 15 is 0 Å². The molecule has 1 rings (SSSR count). The minimum absolute atomic E-state index is 0.0643. The fraction of sp³-hybridized carbons (Fsp3) is 0.231. The summed E-state index contributed by atoms with van der Waals surface area (Å²) in [6.45, 7) is -0.0643. The molecule has 1 aromatic rings. The molecule has 0 fully saturated rings. The summed E-state index contributed by atoms with van der Waals surface area (Å²) >= 11 is 0. The molecule has 0 aliphatic heterocycles. The summed E-state index contributed by atoms with van der Waals surface area (Å²) < 4.78 is 0. The van der Waals surface area contributed by atoms with Crippen molar-refractivity contribution in [1.82, 2.24) is 4.90 Å². The maximum atomic E-state index is 11.6. The summed E-state index contributed by atoms with van der Waals surface area (Å²) in [5.41, 5.74) is 1.54. The van der Waals surface area contributed by atoms with Crippen molar-refractivity contribution in [3.8, 4) is 6.07 Å². The predicted molar refractivity (Wildman–Crippen MR) is 64.6 cm³/mol. The lowest BCUT2D eigenvalue weighted by Crippen LogP contribution is -2.22. The Bertz CT molecular complexity index is 484. The van der Waals surface area contributed by atoms with Gasteiger partial charge in [0, 0.05) is 14.1 Å². The molecule has 4 nitrogen and oxygen atoms in total. The number of aliphatic hydroxyl groups is 1. The van der Waals surface area contributed by atoms with Crippen LogP contribution in [0.5, 0.6) is 0 Å². The number of carbonyl (C=O) groups excluding carboxylic acids is 1. The van der Waals surface area contributed by atoms with Gasteiger partial charge in [-0.1, -0.05) is 18.2 Å². The van der Waals surface area contributed by atoms with E-state index in [2.05, 4.69) is 0 Å². The zero-order valence-electron chi connectivity index (χ0n) is 9.84. The number of amides is 1. The first-order valence-corrected chi connectivity index (χ1v) is 5.11. The molecule has 1 N–H and O–H groups in total. The summed E-state index contributed by atoms with van der Waals surface area (Å²) in [4.78, 5) is 13.0. The molecule has 0 radical (unpaired) electrons. The number of benzene rings is 1. The molecule has 17 heavy (non-hydrogen) atoms. The number of rotatable bonds is 3. The van der Waals surface area contributed by atoms with E-state index < -0.39 is 0 Å². The van der Waals surface area contributed by atoms with Gasteiger partial charge in [-0.15, -0.1) is 0 Å². The van der Waals surface area contributed by atoms with Crippen LogP contribution < -0.4 is 0 Å². The second-order valence-electron chi connectivity index (χ2n) is 3.77.